The zero-order chi connectivity index (χ0) is 13.1. The molecule has 1 aromatic heterocycles. The van der Waals surface area contributed by atoms with Gasteiger partial charge < -0.3 is 10.3 Å². The topological polar surface area (TPSA) is 69.6 Å². The number of nitrogens with one attached hydrogen (secondary N) is 2. The van der Waals surface area contributed by atoms with Gasteiger partial charge in [-0.15, -0.1) is 0 Å². The molecule has 0 atom stereocenters. The fourth-order valence-corrected chi connectivity index (χ4v) is 2.35. The summed E-state index contributed by atoms with van der Waals surface area (Å²) in [5.74, 6) is 0.495. The Labute approximate surface area is 109 Å². The van der Waals surface area contributed by atoms with Gasteiger partial charge >= 0.3 is 0 Å². The van der Waals surface area contributed by atoms with E-state index in [2.05, 4.69) is 33.6 Å². The molecule has 0 aliphatic carbocycles. The minimum atomic E-state index is -0.148. The third kappa shape index (κ3) is 2.14. The Kier molecular flexibility index (Phi) is 3.47. The molecule has 0 unspecified atom stereocenters. The molecule has 0 spiro atoms. The van der Waals surface area contributed by atoms with Crippen molar-refractivity contribution < 1.29 is 4.79 Å². The van der Waals surface area contributed by atoms with Crippen molar-refractivity contribution in [2.24, 2.45) is 9.98 Å². The molecule has 1 amide bonds. The van der Waals surface area contributed by atoms with Gasteiger partial charge in [0.15, 0.2) is 5.17 Å². The lowest BCUT2D eigenvalue weighted by Gasteiger charge is -1.94. The number of hydrogen-bond donors (Lipinski definition) is 2. The summed E-state index contributed by atoms with van der Waals surface area (Å²) in [6, 6.07) is 0. The predicted octanol–water partition coefficient (Wildman–Crippen LogP) is 2.18. The van der Waals surface area contributed by atoms with Crippen LogP contribution in [0.4, 0.5) is 5.82 Å². The maximum atomic E-state index is 11.7. The number of aromatic nitrogens is 1. The summed E-state index contributed by atoms with van der Waals surface area (Å²) < 4.78 is 0. The summed E-state index contributed by atoms with van der Waals surface area (Å²) in [7, 11) is 1.64. The van der Waals surface area contributed by atoms with E-state index in [0.29, 0.717) is 15.9 Å². The number of hydrogen-bond acceptors (Lipinski definition) is 4. The van der Waals surface area contributed by atoms with E-state index in [9.17, 15) is 4.79 Å². The van der Waals surface area contributed by atoms with Crippen LogP contribution in [0.25, 0.3) is 12.2 Å². The minimum absolute atomic E-state index is 0.148. The molecule has 0 bridgehead atoms. The molecule has 0 saturated carbocycles. The second-order valence-electron chi connectivity index (χ2n) is 3.46. The Morgan fingerprint density at radius 2 is 2.28 bits per heavy atom. The molecule has 2 rings (SSSR count). The number of amidine groups is 1. The molecular weight excluding hydrogens is 248 g/mol. The quantitative estimate of drug-likeness (QED) is 0.646. The number of carbonyl (C=O) groups is 1. The van der Waals surface area contributed by atoms with Crippen LogP contribution in [0.3, 0.4) is 0 Å². The summed E-state index contributed by atoms with van der Waals surface area (Å²) >= 11 is 1.31. The van der Waals surface area contributed by atoms with Gasteiger partial charge in [0.05, 0.1) is 4.91 Å². The SMILES string of the molecule is C=Cc1c(/C=C2\SC(=NC)NC2=O)c[nH]c1N=C. The molecule has 5 nitrogen and oxygen atoms in total. The van der Waals surface area contributed by atoms with Gasteiger partial charge in [-0.3, -0.25) is 9.79 Å². The molecule has 1 saturated heterocycles. The monoisotopic (exact) mass is 260 g/mol. The van der Waals surface area contributed by atoms with Crippen molar-refractivity contribution >= 4 is 47.5 Å². The van der Waals surface area contributed by atoms with Crippen LogP contribution in [0.1, 0.15) is 11.1 Å². The van der Waals surface area contributed by atoms with Crippen LogP contribution in [0.15, 0.2) is 27.7 Å². The lowest BCUT2D eigenvalue weighted by atomic mass is 10.1. The first-order valence-corrected chi connectivity index (χ1v) is 5.99. The summed E-state index contributed by atoms with van der Waals surface area (Å²) in [5, 5.41) is 3.27. The highest BCUT2D eigenvalue weighted by molar-refractivity contribution is 8.18. The first-order chi connectivity index (χ1) is 8.69. The fraction of sp³-hybridized carbons (Fsp3) is 0.0833. The Bertz CT molecular complexity index is 583. The number of carbonyl (C=O) groups excluding carboxylic acids is 1. The van der Waals surface area contributed by atoms with Crippen LogP contribution in [0.5, 0.6) is 0 Å². The maximum Gasteiger partial charge on any atom is 0.264 e. The van der Waals surface area contributed by atoms with Crippen LogP contribution >= 0.6 is 11.8 Å². The molecule has 2 N–H and O–H groups in total. The van der Waals surface area contributed by atoms with Crippen molar-refractivity contribution in [2.75, 3.05) is 7.05 Å². The molecule has 0 aromatic carbocycles. The Morgan fingerprint density at radius 1 is 1.50 bits per heavy atom. The molecule has 1 aliphatic heterocycles. The Morgan fingerprint density at radius 3 is 2.83 bits per heavy atom. The van der Waals surface area contributed by atoms with Crippen molar-refractivity contribution in [2.45, 2.75) is 0 Å². The van der Waals surface area contributed by atoms with Crippen LogP contribution < -0.4 is 5.32 Å². The molecule has 1 fully saturated rings. The summed E-state index contributed by atoms with van der Waals surface area (Å²) in [6.45, 7) is 7.20. The van der Waals surface area contributed by atoms with Crippen LogP contribution in [-0.2, 0) is 4.79 Å². The van der Waals surface area contributed by atoms with Gasteiger partial charge in [-0.05, 0) is 24.6 Å². The highest BCUT2D eigenvalue weighted by Crippen LogP contribution is 2.30. The van der Waals surface area contributed by atoms with Crippen LogP contribution in [-0.4, -0.2) is 29.8 Å². The van der Waals surface area contributed by atoms with E-state index in [0.717, 1.165) is 11.1 Å². The van der Waals surface area contributed by atoms with Gasteiger partial charge in [0.1, 0.15) is 5.82 Å². The van der Waals surface area contributed by atoms with Gasteiger partial charge in [-0.25, -0.2) is 4.99 Å². The first-order valence-electron chi connectivity index (χ1n) is 5.17. The van der Waals surface area contributed by atoms with Gasteiger partial charge in [0.25, 0.3) is 5.91 Å². The van der Waals surface area contributed by atoms with E-state index in [4.69, 9.17) is 0 Å². The maximum absolute atomic E-state index is 11.7. The first kappa shape index (κ1) is 12.4. The largest absolute Gasteiger partial charge is 0.346 e. The second kappa shape index (κ2) is 5.05. The second-order valence-corrected chi connectivity index (χ2v) is 4.49. The summed E-state index contributed by atoms with van der Waals surface area (Å²) in [5.41, 5.74) is 1.68. The van der Waals surface area contributed by atoms with Gasteiger partial charge in [0, 0.05) is 24.4 Å². The molecular formula is C12H12N4OS. The van der Waals surface area contributed by atoms with Crippen molar-refractivity contribution in [3.8, 4) is 0 Å². The number of nitrogens with zero attached hydrogens (tertiary/aromatic N) is 2. The third-order valence-electron chi connectivity index (χ3n) is 2.43. The average Bonchev–Trinajstić information content (AvgIpc) is 2.93. The lowest BCUT2D eigenvalue weighted by Crippen LogP contribution is -2.19. The standard InChI is InChI=1S/C12H12N4OS/c1-4-8-7(6-15-10(8)13-2)5-9-11(17)16-12(14-3)18-9/h4-6,15H,1-2H2,3H3,(H,14,16,17)/b9-5-. The summed E-state index contributed by atoms with van der Waals surface area (Å²) in [4.78, 5) is 23.0. The Balaban J connectivity index is 2.39. The molecule has 92 valence electrons. The number of amides is 1. The summed E-state index contributed by atoms with van der Waals surface area (Å²) in [6.07, 6.45) is 5.22. The van der Waals surface area contributed by atoms with Crippen LogP contribution in [0, 0.1) is 0 Å². The number of thioether (sulfide) groups is 1. The Hall–Kier alpha value is -2.08. The van der Waals surface area contributed by atoms with Crippen molar-refractivity contribution in [3.63, 3.8) is 0 Å². The number of aliphatic imine (C=N–C) groups is 2. The fourth-order valence-electron chi connectivity index (χ4n) is 1.58. The molecule has 2 heterocycles. The molecule has 0 radical (unpaired) electrons. The van der Waals surface area contributed by atoms with Crippen molar-refractivity contribution in [3.05, 3.63) is 28.8 Å². The van der Waals surface area contributed by atoms with Crippen molar-refractivity contribution in [1.29, 1.82) is 0 Å². The number of H-pyrrole nitrogens is 1. The molecule has 1 aliphatic rings. The van der Waals surface area contributed by atoms with E-state index >= 15 is 0 Å². The van der Waals surface area contributed by atoms with Gasteiger partial charge in [-0.1, -0.05) is 12.7 Å². The van der Waals surface area contributed by atoms with Gasteiger partial charge in [-0.2, -0.15) is 0 Å². The molecule has 1 aromatic rings. The lowest BCUT2D eigenvalue weighted by molar-refractivity contribution is -0.115. The zero-order valence-corrected chi connectivity index (χ0v) is 10.7. The van der Waals surface area contributed by atoms with Gasteiger partial charge in [0.2, 0.25) is 0 Å². The smallest absolute Gasteiger partial charge is 0.264 e. The zero-order valence-electron chi connectivity index (χ0n) is 9.86. The van der Waals surface area contributed by atoms with Crippen LogP contribution in [0.2, 0.25) is 0 Å². The van der Waals surface area contributed by atoms with Crippen molar-refractivity contribution in [1.82, 2.24) is 10.3 Å². The highest BCUT2D eigenvalue weighted by Gasteiger charge is 2.23. The molecule has 18 heavy (non-hydrogen) atoms. The third-order valence-corrected chi connectivity index (χ3v) is 3.43. The normalized spacial score (nSPS) is 19.3. The van der Waals surface area contributed by atoms with E-state index in [1.165, 1.54) is 11.8 Å². The average molecular weight is 260 g/mol. The number of rotatable bonds is 3. The van der Waals surface area contributed by atoms with E-state index in [-0.39, 0.29) is 5.91 Å². The minimum Gasteiger partial charge on any atom is -0.346 e. The van der Waals surface area contributed by atoms with E-state index < -0.39 is 0 Å². The highest BCUT2D eigenvalue weighted by atomic mass is 32.2. The van der Waals surface area contributed by atoms with E-state index in [1.807, 2.05) is 0 Å². The number of aromatic amines is 1. The van der Waals surface area contributed by atoms with E-state index in [1.54, 1.807) is 25.4 Å². The predicted molar refractivity (Wildman–Crippen MR) is 77.2 cm³/mol. The molecule has 6 heteroatoms.